The van der Waals surface area contributed by atoms with Gasteiger partial charge in [0.25, 0.3) is 0 Å². The molecule has 0 rings (SSSR count). The molecule has 0 heterocycles. The summed E-state index contributed by atoms with van der Waals surface area (Å²) in [5.41, 5.74) is 3.55. The quantitative estimate of drug-likeness (QED) is 0.558. The van der Waals surface area contributed by atoms with Gasteiger partial charge in [0, 0.05) is 0 Å². The molecule has 0 bridgehead atoms. The Kier molecular flexibility index (Phi) is 3.36. The van der Waals surface area contributed by atoms with Crippen LogP contribution in [0.25, 0.3) is 0 Å². The Balaban J connectivity index is 3.96. The van der Waals surface area contributed by atoms with Crippen molar-refractivity contribution in [2.45, 2.75) is 6.42 Å². The summed E-state index contributed by atoms with van der Waals surface area (Å²) in [4.78, 5) is 10.6. The fourth-order valence-corrected chi connectivity index (χ4v) is 0.451. The first-order valence-electron chi connectivity index (χ1n) is 2.73. The van der Waals surface area contributed by atoms with Gasteiger partial charge in [-0.25, -0.2) is 0 Å². The van der Waals surface area contributed by atoms with Crippen molar-refractivity contribution in [3.63, 3.8) is 0 Å². The van der Waals surface area contributed by atoms with E-state index in [1.54, 1.807) is 0 Å². The van der Waals surface area contributed by atoms with Gasteiger partial charge < -0.3 is 10.5 Å². The molecular weight excluding hydrogens is 130 g/mol. The van der Waals surface area contributed by atoms with E-state index in [4.69, 9.17) is 19.6 Å². The summed E-state index contributed by atoms with van der Waals surface area (Å²) >= 11 is 0. The molecule has 0 atom stereocenters. The van der Waals surface area contributed by atoms with Crippen LogP contribution in [0, 0.1) is 26.4 Å². The fourth-order valence-electron chi connectivity index (χ4n) is 0.451. The van der Waals surface area contributed by atoms with E-state index in [-0.39, 0.29) is 13.0 Å². The van der Waals surface area contributed by atoms with Gasteiger partial charge in [-0.3, -0.25) is 4.79 Å². The van der Waals surface area contributed by atoms with Gasteiger partial charge in [-0.1, -0.05) is 0 Å². The zero-order valence-corrected chi connectivity index (χ0v) is 5.54. The SMILES string of the molecule is [CH]OC(=O)C([CH])([CH])CCN. The maximum absolute atomic E-state index is 10.6. The zero-order valence-electron chi connectivity index (χ0n) is 5.54. The van der Waals surface area contributed by atoms with E-state index in [1.807, 2.05) is 0 Å². The first-order chi connectivity index (χ1) is 4.54. The Bertz CT molecular complexity index is 121. The summed E-state index contributed by atoms with van der Waals surface area (Å²) < 4.78 is 3.82. The van der Waals surface area contributed by atoms with Crippen molar-refractivity contribution in [1.82, 2.24) is 0 Å². The summed E-state index contributed by atoms with van der Waals surface area (Å²) in [6, 6.07) is 0. The number of hydrogen-bond acceptors (Lipinski definition) is 3. The van der Waals surface area contributed by atoms with E-state index in [0.29, 0.717) is 0 Å². The number of nitrogens with two attached hydrogens (primary N) is 1. The molecule has 3 heteroatoms. The predicted octanol–water partition coefficient (Wildman–Crippen LogP) is -0.0444. The second kappa shape index (κ2) is 3.56. The van der Waals surface area contributed by atoms with Crippen LogP contribution in [-0.2, 0) is 9.53 Å². The number of rotatable bonds is 3. The highest BCUT2D eigenvalue weighted by atomic mass is 16.5. The second-order valence-electron chi connectivity index (χ2n) is 1.98. The predicted molar refractivity (Wildman–Crippen MR) is 35.1 cm³/mol. The Labute approximate surface area is 61.5 Å². The van der Waals surface area contributed by atoms with Crippen molar-refractivity contribution < 1.29 is 9.53 Å². The van der Waals surface area contributed by atoms with Crippen molar-refractivity contribution in [2.24, 2.45) is 11.1 Å². The molecule has 0 unspecified atom stereocenters. The summed E-state index contributed by atoms with van der Waals surface area (Å²) in [5, 5.41) is 0. The molecule has 0 amide bonds. The lowest BCUT2D eigenvalue weighted by Gasteiger charge is -2.18. The normalized spacial score (nSPS) is 11.2. The molecule has 0 aliphatic carbocycles. The lowest BCUT2D eigenvalue weighted by molar-refractivity contribution is -0.145. The molecule has 10 heavy (non-hydrogen) atoms. The van der Waals surface area contributed by atoms with Crippen molar-refractivity contribution in [2.75, 3.05) is 6.54 Å². The van der Waals surface area contributed by atoms with E-state index in [0.717, 1.165) is 0 Å². The molecule has 0 aliphatic heterocycles. The van der Waals surface area contributed by atoms with Crippen LogP contribution in [0.5, 0.6) is 0 Å². The molecule has 54 valence electrons. The summed E-state index contributed by atoms with van der Waals surface area (Å²) in [6.07, 6.45) is 0.142. The van der Waals surface area contributed by atoms with Crippen molar-refractivity contribution in [3.8, 4) is 0 Å². The average Bonchev–Trinajstić information content (AvgIpc) is 1.86. The van der Waals surface area contributed by atoms with Crippen LogP contribution in [0.1, 0.15) is 6.42 Å². The Morgan fingerprint density at radius 3 is 2.40 bits per heavy atom. The number of esters is 1. The van der Waals surface area contributed by atoms with Crippen molar-refractivity contribution >= 4 is 5.97 Å². The molecule has 6 radical (unpaired) electrons. The minimum absolute atomic E-state index is 0.142. The molecule has 0 fully saturated rings. The van der Waals surface area contributed by atoms with Crippen LogP contribution in [-0.4, -0.2) is 12.5 Å². The largest absolute Gasteiger partial charge is 0.454 e. The lowest BCUT2D eigenvalue weighted by atomic mass is 9.90. The molecule has 0 aromatic rings. The maximum Gasteiger partial charge on any atom is 0.313 e. The van der Waals surface area contributed by atoms with Gasteiger partial charge >= 0.3 is 5.97 Å². The minimum atomic E-state index is -1.55. The zero-order chi connectivity index (χ0) is 8.20. The molecule has 0 saturated heterocycles. The van der Waals surface area contributed by atoms with Gasteiger partial charge in [0.1, 0.15) is 0 Å². The third-order valence-electron chi connectivity index (χ3n) is 1.05. The van der Waals surface area contributed by atoms with Gasteiger partial charge in [-0.2, -0.15) is 0 Å². The highest BCUT2D eigenvalue weighted by molar-refractivity contribution is 5.78. The van der Waals surface area contributed by atoms with Crippen LogP contribution >= 0.6 is 0 Å². The maximum atomic E-state index is 10.6. The first-order valence-corrected chi connectivity index (χ1v) is 2.73. The van der Waals surface area contributed by atoms with Gasteiger partial charge in [-0.05, 0) is 26.8 Å². The molecule has 0 aromatic heterocycles. The molecule has 0 aromatic carbocycles. The minimum Gasteiger partial charge on any atom is -0.454 e. The number of carbonyl (C=O) groups is 1. The lowest BCUT2D eigenvalue weighted by Crippen LogP contribution is -2.28. The van der Waals surface area contributed by atoms with E-state index in [2.05, 4.69) is 11.8 Å². The van der Waals surface area contributed by atoms with Gasteiger partial charge in [0.15, 0.2) is 7.11 Å². The fraction of sp³-hybridized carbons (Fsp3) is 0.429. The van der Waals surface area contributed by atoms with Crippen LogP contribution in [0.4, 0.5) is 0 Å². The summed E-state index contributed by atoms with van der Waals surface area (Å²) in [5.74, 6) is -0.863. The van der Waals surface area contributed by atoms with Crippen molar-refractivity contribution in [1.29, 1.82) is 0 Å². The van der Waals surface area contributed by atoms with Crippen LogP contribution in [0.15, 0.2) is 0 Å². The van der Waals surface area contributed by atoms with E-state index in [9.17, 15) is 4.79 Å². The highest BCUT2D eigenvalue weighted by Crippen LogP contribution is 2.19. The Morgan fingerprint density at radius 1 is 1.60 bits per heavy atom. The number of hydrogen-bond donors (Lipinski definition) is 1. The molecule has 3 nitrogen and oxygen atoms in total. The van der Waals surface area contributed by atoms with E-state index in [1.165, 1.54) is 0 Å². The van der Waals surface area contributed by atoms with Gasteiger partial charge in [0.05, 0.1) is 5.41 Å². The smallest absolute Gasteiger partial charge is 0.313 e. The molecule has 0 saturated carbocycles. The summed E-state index contributed by atoms with van der Waals surface area (Å²) in [6.45, 7) is 10.7. The Hall–Kier alpha value is -0.570. The second-order valence-corrected chi connectivity index (χ2v) is 1.98. The van der Waals surface area contributed by atoms with Crippen LogP contribution < -0.4 is 5.73 Å². The topological polar surface area (TPSA) is 52.3 Å². The monoisotopic (exact) mass is 139 g/mol. The summed E-state index contributed by atoms with van der Waals surface area (Å²) in [7, 11) is 4.54. The molecule has 0 spiro atoms. The van der Waals surface area contributed by atoms with Crippen molar-refractivity contribution in [3.05, 3.63) is 21.0 Å². The molecular formula is C7H9NO2. The highest BCUT2D eigenvalue weighted by Gasteiger charge is 2.28. The molecule has 0 aliphatic rings. The standard InChI is InChI=1S/C7H9NO2/c1-7(2,4-5-8)6(9)10-3/h1-3H,4-5,8H2. The third kappa shape index (κ3) is 2.35. The van der Waals surface area contributed by atoms with E-state index >= 15 is 0 Å². The van der Waals surface area contributed by atoms with Gasteiger partial charge in [-0.15, -0.1) is 0 Å². The average molecular weight is 139 g/mol. The van der Waals surface area contributed by atoms with Crippen LogP contribution in [0.3, 0.4) is 0 Å². The molecule has 2 N–H and O–H groups in total. The van der Waals surface area contributed by atoms with E-state index < -0.39 is 11.4 Å². The Morgan fingerprint density at radius 2 is 2.10 bits per heavy atom. The third-order valence-corrected chi connectivity index (χ3v) is 1.05. The van der Waals surface area contributed by atoms with Gasteiger partial charge in [0.2, 0.25) is 0 Å². The van der Waals surface area contributed by atoms with Crippen LogP contribution in [0.2, 0.25) is 0 Å². The number of ether oxygens (including phenoxy) is 1. The number of carbonyl (C=O) groups excluding carboxylic acids is 1. The first kappa shape index (κ1) is 9.43.